The molecule has 5 heteroatoms. The molecule has 2 rings (SSSR count). The van der Waals surface area contributed by atoms with Crippen molar-refractivity contribution in [2.45, 2.75) is 18.9 Å². The van der Waals surface area contributed by atoms with Gasteiger partial charge >= 0.3 is 0 Å². The van der Waals surface area contributed by atoms with Gasteiger partial charge in [0.15, 0.2) is 0 Å². The summed E-state index contributed by atoms with van der Waals surface area (Å²) in [6, 6.07) is 0. The molecule has 0 spiro atoms. The van der Waals surface area contributed by atoms with Gasteiger partial charge in [0, 0.05) is 6.61 Å². The number of hydrogen-bond acceptors (Lipinski definition) is 5. The lowest BCUT2D eigenvalue weighted by Gasteiger charge is -2.01. The molecule has 1 atom stereocenters. The van der Waals surface area contributed by atoms with E-state index in [-0.39, 0.29) is 6.10 Å². The van der Waals surface area contributed by atoms with Gasteiger partial charge in [0.2, 0.25) is 5.95 Å². The second kappa shape index (κ2) is 2.75. The van der Waals surface area contributed by atoms with Crippen molar-refractivity contribution in [2.75, 3.05) is 12.3 Å². The molecular weight excluding hydrogens is 162 g/mol. The van der Waals surface area contributed by atoms with Gasteiger partial charge in [-0.3, -0.25) is 0 Å². The summed E-state index contributed by atoms with van der Waals surface area (Å²) in [6.45, 7) is 0.837. The Morgan fingerprint density at radius 2 is 2.55 bits per heavy atom. The van der Waals surface area contributed by atoms with Gasteiger partial charge in [0.25, 0.3) is 0 Å². The van der Waals surface area contributed by atoms with Crippen LogP contribution >= 0.6 is 11.5 Å². The minimum absolute atomic E-state index is 0.157. The number of nitrogens with two attached hydrogens (primary N) is 1. The molecule has 1 aliphatic heterocycles. The molecule has 11 heavy (non-hydrogen) atoms. The minimum Gasteiger partial charge on any atom is -0.371 e. The van der Waals surface area contributed by atoms with Crippen LogP contribution in [0.2, 0.25) is 0 Å². The van der Waals surface area contributed by atoms with Crippen molar-refractivity contribution in [1.29, 1.82) is 0 Å². The van der Waals surface area contributed by atoms with Crippen LogP contribution in [0.5, 0.6) is 0 Å². The quantitative estimate of drug-likeness (QED) is 0.684. The molecule has 1 unspecified atom stereocenters. The lowest BCUT2D eigenvalue weighted by Crippen LogP contribution is -1.95. The van der Waals surface area contributed by atoms with Gasteiger partial charge in [-0.1, -0.05) is 0 Å². The second-order valence-corrected chi connectivity index (χ2v) is 3.28. The molecule has 1 aromatic heterocycles. The summed E-state index contributed by atoms with van der Waals surface area (Å²) in [4.78, 5) is 4.05. The average molecular weight is 171 g/mol. The molecule has 0 aliphatic carbocycles. The third-order valence-electron chi connectivity index (χ3n) is 1.66. The molecule has 0 amide bonds. The Bertz CT molecular complexity index is 244. The van der Waals surface area contributed by atoms with Crippen LogP contribution < -0.4 is 5.73 Å². The molecular formula is C6H9N3OS. The average Bonchev–Trinajstić information content (AvgIpc) is 2.55. The van der Waals surface area contributed by atoms with Crippen molar-refractivity contribution < 1.29 is 4.74 Å². The maximum atomic E-state index is 5.40. The van der Waals surface area contributed by atoms with Crippen LogP contribution in [-0.4, -0.2) is 16.0 Å². The van der Waals surface area contributed by atoms with Gasteiger partial charge in [0.1, 0.15) is 11.1 Å². The first-order valence-corrected chi connectivity index (χ1v) is 4.34. The highest BCUT2D eigenvalue weighted by atomic mass is 32.1. The molecule has 0 bridgehead atoms. The Morgan fingerprint density at radius 3 is 3.09 bits per heavy atom. The maximum Gasteiger partial charge on any atom is 0.232 e. The lowest BCUT2D eigenvalue weighted by atomic mass is 10.2. The molecule has 1 aromatic rings. The van der Waals surface area contributed by atoms with E-state index in [1.165, 1.54) is 11.5 Å². The number of aromatic nitrogens is 2. The molecule has 4 nitrogen and oxygen atoms in total. The van der Waals surface area contributed by atoms with E-state index >= 15 is 0 Å². The van der Waals surface area contributed by atoms with Crippen molar-refractivity contribution in [3.05, 3.63) is 5.01 Å². The highest BCUT2D eigenvalue weighted by Gasteiger charge is 2.20. The zero-order chi connectivity index (χ0) is 7.68. The third-order valence-corrected chi connectivity index (χ3v) is 2.48. The van der Waals surface area contributed by atoms with Crippen LogP contribution in [0.4, 0.5) is 5.95 Å². The number of ether oxygens (including phenoxy) is 1. The predicted molar refractivity (Wildman–Crippen MR) is 42.2 cm³/mol. The molecule has 2 N–H and O–H groups in total. The van der Waals surface area contributed by atoms with Crippen LogP contribution in [-0.2, 0) is 4.74 Å². The zero-order valence-corrected chi connectivity index (χ0v) is 6.80. The van der Waals surface area contributed by atoms with E-state index in [1.807, 2.05) is 0 Å². The molecule has 1 aliphatic rings. The van der Waals surface area contributed by atoms with Crippen LogP contribution in [0.15, 0.2) is 0 Å². The minimum atomic E-state index is 0.157. The van der Waals surface area contributed by atoms with Crippen molar-refractivity contribution >= 4 is 17.5 Å². The Morgan fingerprint density at radius 1 is 1.64 bits per heavy atom. The summed E-state index contributed by atoms with van der Waals surface area (Å²) in [5.74, 6) is 0.362. The van der Waals surface area contributed by atoms with Gasteiger partial charge in [-0.25, -0.2) is 4.98 Å². The van der Waals surface area contributed by atoms with Gasteiger partial charge in [-0.2, -0.15) is 4.37 Å². The van der Waals surface area contributed by atoms with Crippen LogP contribution in [0.3, 0.4) is 0 Å². The van der Waals surface area contributed by atoms with E-state index < -0.39 is 0 Å². The third kappa shape index (κ3) is 1.34. The molecule has 1 saturated heterocycles. The standard InChI is InChI=1S/C6H9N3OS/c7-6-8-5(11-9-6)4-2-1-3-10-4/h4H,1-3H2,(H2,7,9). The fourth-order valence-electron chi connectivity index (χ4n) is 1.15. The monoisotopic (exact) mass is 171 g/mol. The first kappa shape index (κ1) is 7.00. The van der Waals surface area contributed by atoms with Gasteiger partial charge in [-0.15, -0.1) is 0 Å². The first-order valence-electron chi connectivity index (χ1n) is 3.57. The number of hydrogen-bond donors (Lipinski definition) is 1. The fraction of sp³-hybridized carbons (Fsp3) is 0.667. The lowest BCUT2D eigenvalue weighted by molar-refractivity contribution is 0.112. The summed E-state index contributed by atoms with van der Waals surface area (Å²) < 4.78 is 9.29. The van der Waals surface area contributed by atoms with Crippen molar-refractivity contribution in [3.8, 4) is 0 Å². The molecule has 0 aromatic carbocycles. The predicted octanol–water partition coefficient (Wildman–Crippen LogP) is 0.972. The van der Waals surface area contributed by atoms with Crippen LogP contribution in [0.1, 0.15) is 24.0 Å². The first-order chi connectivity index (χ1) is 5.36. The van der Waals surface area contributed by atoms with Crippen LogP contribution in [0.25, 0.3) is 0 Å². The van der Waals surface area contributed by atoms with Gasteiger partial charge < -0.3 is 10.5 Å². The van der Waals surface area contributed by atoms with E-state index in [9.17, 15) is 0 Å². The van der Waals surface area contributed by atoms with Crippen molar-refractivity contribution in [3.63, 3.8) is 0 Å². The van der Waals surface area contributed by atoms with Crippen LogP contribution in [0, 0.1) is 0 Å². The SMILES string of the molecule is Nc1nsc(C2CCCO2)n1. The molecule has 60 valence electrons. The van der Waals surface area contributed by atoms with E-state index in [0.29, 0.717) is 5.95 Å². The summed E-state index contributed by atoms with van der Waals surface area (Å²) in [7, 11) is 0. The summed E-state index contributed by atoms with van der Waals surface area (Å²) in [5.41, 5.74) is 5.38. The van der Waals surface area contributed by atoms with E-state index in [4.69, 9.17) is 10.5 Å². The molecule has 1 fully saturated rings. The van der Waals surface area contributed by atoms with Gasteiger partial charge in [0.05, 0.1) is 0 Å². The number of nitrogens with zero attached hydrogens (tertiary/aromatic N) is 2. The Hall–Kier alpha value is -0.680. The molecule has 0 saturated carbocycles. The molecule has 2 heterocycles. The van der Waals surface area contributed by atoms with E-state index in [2.05, 4.69) is 9.36 Å². The Kier molecular flexibility index (Phi) is 1.75. The highest BCUT2D eigenvalue weighted by Crippen LogP contribution is 2.29. The normalized spacial score (nSPS) is 24.2. The molecule has 0 radical (unpaired) electrons. The summed E-state index contributed by atoms with van der Waals surface area (Å²) in [6.07, 6.45) is 2.32. The topological polar surface area (TPSA) is 61.0 Å². The highest BCUT2D eigenvalue weighted by molar-refractivity contribution is 7.05. The largest absolute Gasteiger partial charge is 0.371 e. The summed E-state index contributed by atoms with van der Waals surface area (Å²) in [5, 5.41) is 0.917. The van der Waals surface area contributed by atoms with Crippen molar-refractivity contribution in [1.82, 2.24) is 9.36 Å². The van der Waals surface area contributed by atoms with Gasteiger partial charge in [-0.05, 0) is 24.4 Å². The number of nitrogen functional groups attached to an aromatic ring is 1. The Labute approximate surface area is 68.6 Å². The maximum absolute atomic E-state index is 5.40. The number of rotatable bonds is 1. The zero-order valence-electron chi connectivity index (χ0n) is 5.99. The fourth-order valence-corrected chi connectivity index (χ4v) is 1.82. The number of anilines is 1. The van der Waals surface area contributed by atoms with E-state index in [1.54, 1.807) is 0 Å². The summed E-state index contributed by atoms with van der Waals surface area (Å²) >= 11 is 1.34. The van der Waals surface area contributed by atoms with Crippen molar-refractivity contribution in [2.24, 2.45) is 0 Å². The smallest absolute Gasteiger partial charge is 0.232 e. The Balaban J connectivity index is 2.15. The second-order valence-electron chi connectivity index (χ2n) is 2.49. The van der Waals surface area contributed by atoms with E-state index in [0.717, 1.165) is 24.5 Å².